The second-order valence-corrected chi connectivity index (χ2v) is 6.14. The molecule has 1 unspecified atom stereocenters. The van der Waals surface area contributed by atoms with Crippen molar-refractivity contribution < 1.29 is 27.4 Å². The van der Waals surface area contributed by atoms with Gasteiger partial charge in [-0.15, -0.1) is 0 Å². The third kappa shape index (κ3) is 5.36. The molecular formula is C19H21F4NO2. The smallest absolute Gasteiger partial charge is 0.419 e. The molecule has 1 atom stereocenters. The van der Waals surface area contributed by atoms with Gasteiger partial charge in [0.1, 0.15) is 5.82 Å². The van der Waals surface area contributed by atoms with E-state index in [2.05, 4.69) is 5.32 Å². The number of nitrogens with one attached hydrogen (secondary N) is 1. The summed E-state index contributed by atoms with van der Waals surface area (Å²) in [6.45, 7) is 2.22. The Hall–Kier alpha value is -2.28. The van der Waals surface area contributed by atoms with Crippen LogP contribution < -0.4 is 10.1 Å². The second-order valence-electron chi connectivity index (χ2n) is 6.14. The lowest BCUT2D eigenvalue weighted by atomic mass is 10.0. The standard InChI is InChI=1S/C19H21F4NO2/c1-12(3-4-13-6-8-17(25)18(10-13)26-2)24-11-14-5-7-15(16(20)9-14)19(21,22)23/h5-10,12,24-25H,3-4,11H2,1-2H3. The van der Waals surface area contributed by atoms with Crippen molar-refractivity contribution in [3.8, 4) is 11.5 Å². The lowest BCUT2D eigenvalue weighted by molar-refractivity contribution is -0.140. The van der Waals surface area contributed by atoms with Gasteiger partial charge in [0.15, 0.2) is 11.5 Å². The first-order chi connectivity index (χ1) is 12.2. The summed E-state index contributed by atoms with van der Waals surface area (Å²) in [6, 6.07) is 8.14. The average molecular weight is 371 g/mol. The Morgan fingerprint density at radius 2 is 1.81 bits per heavy atom. The summed E-state index contributed by atoms with van der Waals surface area (Å²) in [5.41, 5.74) is 0.193. The summed E-state index contributed by atoms with van der Waals surface area (Å²) in [5.74, 6) is -0.782. The molecule has 0 fully saturated rings. The van der Waals surface area contributed by atoms with Gasteiger partial charge in [-0.3, -0.25) is 0 Å². The highest BCUT2D eigenvalue weighted by molar-refractivity contribution is 5.41. The minimum Gasteiger partial charge on any atom is -0.504 e. The number of hydrogen-bond acceptors (Lipinski definition) is 3. The van der Waals surface area contributed by atoms with Crippen molar-refractivity contribution in [2.45, 2.75) is 38.5 Å². The van der Waals surface area contributed by atoms with Crippen LogP contribution in [0.2, 0.25) is 0 Å². The van der Waals surface area contributed by atoms with Crippen molar-refractivity contribution in [2.75, 3.05) is 7.11 Å². The first-order valence-electron chi connectivity index (χ1n) is 8.15. The van der Waals surface area contributed by atoms with Gasteiger partial charge in [-0.05, 0) is 55.2 Å². The molecule has 26 heavy (non-hydrogen) atoms. The summed E-state index contributed by atoms with van der Waals surface area (Å²) >= 11 is 0. The minimum atomic E-state index is -4.69. The maximum Gasteiger partial charge on any atom is 0.419 e. The Morgan fingerprint density at radius 3 is 2.42 bits per heavy atom. The number of ether oxygens (including phenoxy) is 1. The molecule has 2 rings (SSSR count). The van der Waals surface area contributed by atoms with Crippen LogP contribution in [0.25, 0.3) is 0 Å². The van der Waals surface area contributed by atoms with Crippen LogP contribution in [0.5, 0.6) is 11.5 Å². The van der Waals surface area contributed by atoms with E-state index >= 15 is 0 Å². The number of rotatable bonds is 7. The van der Waals surface area contributed by atoms with Crippen LogP contribution in [0, 0.1) is 5.82 Å². The lowest BCUT2D eigenvalue weighted by Gasteiger charge is -2.15. The largest absolute Gasteiger partial charge is 0.504 e. The molecule has 0 saturated carbocycles. The molecule has 0 aliphatic heterocycles. The Kier molecular flexibility index (Phi) is 6.47. The number of aryl methyl sites for hydroxylation is 1. The van der Waals surface area contributed by atoms with Crippen LogP contribution in [-0.4, -0.2) is 18.3 Å². The highest BCUT2D eigenvalue weighted by Gasteiger charge is 2.33. The predicted octanol–water partition coefficient (Wildman–Crippen LogP) is 4.67. The van der Waals surface area contributed by atoms with Gasteiger partial charge in [0.05, 0.1) is 12.7 Å². The molecule has 2 aromatic carbocycles. The zero-order chi connectivity index (χ0) is 19.3. The Bertz CT molecular complexity index is 747. The van der Waals surface area contributed by atoms with Crippen LogP contribution in [0.4, 0.5) is 17.6 Å². The molecular weight excluding hydrogens is 350 g/mol. The van der Waals surface area contributed by atoms with Crippen LogP contribution in [-0.2, 0) is 19.1 Å². The van der Waals surface area contributed by atoms with E-state index in [9.17, 15) is 22.7 Å². The lowest BCUT2D eigenvalue weighted by Crippen LogP contribution is -2.26. The maximum absolute atomic E-state index is 13.6. The van der Waals surface area contributed by atoms with Gasteiger partial charge >= 0.3 is 6.18 Å². The first-order valence-corrected chi connectivity index (χ1v) is 8.15. The molecule has 2 N–H and O–H groups in total. The topological polar surface area (TPSA) is 41.5 Å². The van der Waals surface area contributed by atoms with E-state index < -0.39 is 17.6 Å². The van der Waals surface area contributed by atoms with Crippen LogP contribution in [0.1, 0.15) is 30.0 Å². The number of alkyl halides is 3. The van der Waals surface area contributed by atoms with Crippen molar-refractivity contribution in [1.82, 2.24) is 5.32 Å². The number of benzene rings is 2. The maximum atomic E-state index is 13.6. The fraction of sp³-hybridized carbons (Fsp3) is 0.368. The van der Waals surface area contributed by atoms with Crippen molar-refractivity contribution in [1.29, 1.82) is 0 Å². The zero-order valence-corrected chi connectivity index (χ0v) is 14.5. The number of phenols is 1. The number of methoxy groups -OCH3 is 1. The van der Waals surface area contributed by atoms with Crippen LogP contribution in [0.3, 0.4) is 0 Å². The second kappa shape index (κ2) is 8.40. The normalized spacial score (nSPS) is 12.8. The summed E-state index contributed by atoms with van der Waals surface area (Å²) in [6.07, 6.45) is -3.20. The van der Waals surface area contributed by atoms with Gasteiger partial charge in [0.25, 0.3) is 0 Å². The van der Waals surface area contributed by atoms with Gasteiger partial charge < -0.3 is 15.2 Å². The molecule has 0 bridgehead atoms. The number of hydrogen-bond donors (Lipinski definition) is 2. The molecule has 0 aromatic heterocycles. The monoisotopic (exact) mass is 371 g/mol. The molecule has 0 heterocycles. The van der Waals surface area contributed by atoms with Gasteiger partial charge in [-0.2, -0.15) is 13.2 Å². The third-order valence-corrected chi connectivity index (χ3v) is 4.10. The van der Waals surface area contributed by atoms with E-state index in [1.165, 1.54) is 13.2 Å². The van der Waals surface area contributed by atoms with Crippen LogP contribution in [0.15, 0.2) is 36.4 Å². The average Bonchev–Trinajstić information content (AvgIpc) is 2.58. The van der Waals surface area contributed by atoms with E-state index in [0.29, 0.717) is 11.3 Å². The highest BCUT2D eigenvalue weighted by atomic mass is 19.4. The van der Waals surface area contributed by atoms with Gasteiger partial charge in [0.2, 0.25) is 0 Å². The quantitative estimate of drug-likeness (QED) is 0.695. The van der Waals surface area contributed by atoms with E-state index in [4.69, 9.17) is 4.74 Å². The summed E-state index contributed by atoms with van der Waals surface area (Å²) in [4.78, 5) is 0. The van der Waals surface area contributed by atoms with Crippen molar-refractivity contribution in [3.63, 3.8) is 0 Å². The van der Waals surface area contributed by atoms with Gasteiger partial charge in [0, 0.05) is 12.6 Å². The van der Waals surface area contributed by atoms with Crippen molar-refractivity contribution in [3.05, 3.63) is 58.9 Å². The number of phenolic OH excluding ortho intramolecular Hbond substituents is 1. The van der Waals surface area contributed by atoms with E-state index in [1.807, 2.05) is 6.92 Å². The van der Waals surface area contributed by atoms with E-state index in [1.54, 1.807) is 18.2 Å². The molecule has 7 heteroatoms. The van der Waals surface area contributed by atoms with Crippen molar-refractivity contribution in [2.24, 2.45) is 0 Å². The van der Waals surface area contributed by atoms with E-state index in [0.717, 1.165) is 30.5 Å². The third-order valence-electron chi connectivity index (χ3n) is 4.10. The Morgan fingerprint density at radius 1 is 1.12 bits per heavy atom. The molecule has 2 aromatic rings. The fourth-order valence-electron chi connectivity index (χ4n) is 2.55. The predicted molar refractivity (Wildman–Crippen MR) is 90.7 cm³/mol. The highest BCUT2D eigenvalue weighted by Crippen LogP contribution is 2.31. The van der Waals surface area contributed by atoms with E-state index in [-0.39, 0.29) is 18.3 Å². The minimum absolute atomic E-state index is 0.0696. The summed E-state index contributed by atoms with van der Waals surface area (Å²) < 4.78 is 56.3. The Balaban J connectivity index is 1.87. The van der Waals surface area contributed by atoms with Crippen LogP contribution >= 0.6 is 0 Å². The number of aromatic hydroxyl groups is 1. The summed E-state index contributed by atoms with van der Waals surface area (Å²) in [7, 11) is 1.48. The zero-order valence-electron chi connectivity index (χ0n) is 14.5. The summed E-state index contributed by atoms with van der Waals surface area (Å²) in [5, 5.41) is 12.7. The molecule has 0 amide bonds. The van der Waals surface area contributed by atoms with Crippen molar-refractivity contribution >= 4 is 0 Å². The molecule has 0 aliphatic carbocycles. The molecule has 142 valence electrons. The molecule has 0 aliphatic rings. The molecule has 0 saturated heterocycles. The van der Waals surface area contributed by atoms with Gasteiger partial charge in [-0.25, -0.2) is 4.39 Å². The van der Waals surface area contributed by atoms with Gasteiger partial charge in [-0.1, -0.05) is 12.1 Å². The SMILES string of the molecule is COc1cc(CCC(C)NCc2ccc(C(F)(F)F)c(F)c2)ccc1O. The molecule has 0 spiro atoms. The Labute approximate surface area is 149 Å². The fourth-order valence-corrected chi connectivity index (χ4v) is 2.55. The molecule has 3 nitrogen and oxygen atoms in total. The molecule has 0 radical (unpaired) electrons. The first kappa shape index (κ1) is 20.0. The number of halogens is 4.